The molecule has 3 rings (SSSR count). The van der Waals surface area contributed by atoms with Crippen LogP contribution in [0, 0.1) is 0 Å². The molecule has 0 bridgehead atoms. The monoisotopic (exact) mass is 512 g/mol. The Hall–Kier alpha value is -1.61. The molecule has 0 aromatic heterocycles. The first-order valence-electron chi connectivity index (χ1n) is 9.54. The molecule has 0 amide bonds. The molecule has 152 valence electrons. The molecule has 2 aromatic carbocycles. The number of benzene rings is 2. The van der Waals surface area contributed by atoms with E-state index >= 15 is 0 Å². The Kier molecular flexibility index (Phi) is 9.77. The molecular formula is C21H29IN4OS. The van der Waals surface area contributed by atoms with Crippen LogP contribution in [0.15, 0.2) is 70.6 Å². The average molecular weight is 512 g/mol. The predicted molar refractivity (Wildman–Crippen MR) is 129 cm³/mol. The van der Waals surface area contributed by atoms with Crippen LogP contribution in [0.2, 0.25) is 0 Å². The molecule has 0 saturated carbocycles. The molecule has 28 heavy (non-hydrogen) atoms. The van der Waals surface area contributed by atoms with Gasteiger partial charge >= 0.3 is 0 Å². The average Bonchev–Trinajstić information content (AvgIpc) is 2.74. The third kappa shape index (κ3) is 6.48. The number of rotatable bonds is 6. The van der Waals surface area contributed by atoms with Crippen molar-refractivity contribution in [2.24, 2.45) is 4.99 Å². The van der Waals surface area contributed by atoms with Gasteiger partial charge in [-0.05, 0) is 31.2 Å². The largest absolute Gasteiger partial charge is 0.368 e. The second kappa shape index (κ2) is 12.1. The van der Waals surface area contributed by atoms with E-state index in [9.17, 15) is 4.21 Å². The Bertz CT molecular complexity index is 750. The van der Waals surface area contributed by atoms with Crippen molar-refractivity contribution in [3.8, 4) is 0 Å². The number of hydrogen-bond acceptors (Lipinski definition) is 3. The number of halogens is 1. The van der Waals surface area contributed by atoms with Gasteiger partial charge in [0.15, 0.2) is 5.96 Å². The van der Waals surface area contributed by atoms with Gasteiger partial charge in [-0.2, -0.15) is 0 Å². The molecule has 1 heterocycles. The number of para-hydroxylation sites is 1. The van der Waals surface area contributed by atoms with Crippen molar-refractivity contribution in [3.05, 3.63) is 60.7 Å². The predicted octanol–water partition coefficient (Wildman–Crippen LogP) is 3.20. The maximum atomic E-state index is 12.4. The lowest BCUT2D eigenvalue weighted by Crippen LogP contribution is -2.52. The fourth-order valence-corrected chi connectivity index (χ4v) is 4.12. The normalized spacial score (nSPS) is 15.7. The summed E-state index contributed by atoms with van der Waals surface area (Å²) >= 11 is 0. The summed E-state index contributed by atoms with van der Waals surface area (Å²) in [6.07, 6.45) is 0. The van der Waals surface area contributed by atoms with E-state index in [0.717, 1.165) is 43.6 Å². The zero-order valence-electron chi connectivity index (χ0n) is 16.3. The van der Waals surface area contributed by atoms with Gasteiger partial charge < -0.3 is 15.1 Å². The minimum Gasteiger partial charge on any atom is -0.368 e. The van der Waals surface area contributed by atoms with Crippen LogP contribution in [-0.4, -0.2) is 60.1 Å². The number of hydrogen-bond donors (Lipinski definition) is 1. The second-order valence-corrected chi connectivity index (χ2v) is 7.98. The molecule has 0 radical (unpaired) electrons. The van der Waals surface area contributed by atoms with Crippen LogP contribution in [0.4, 0.5) is 5.69 Å². The quantitative estimate of drug-likeness (QED) is 0.367. The topological polar surface area (TPSA) is 47.9 Å². The van der Waals surface area contributed by atoms with Gasteiger partial charge in [-0.15, -0.1) is 24.0 Å². The highest BCUT2D eigenvalue weighted by molar-refractivity contribution is 14.0. The summed E-state index contributed by atoms with van der Waals surface area (Å²) in [5.41, 5.74) is 1.28. The van der Waals surface area contributed by atoms with Crippen molar-refractivity contribution >= 4 is 46.4 Å². The van der Waals surface area contributed by atoms with E-state index in [1.807, 2.05) is 30.3 Å². The van der Waals surface area contributed by atoms with E-state index in [0.29, 0.717) is 12.3 Å². The van der Waals surface area contributed by atoms with Crippen molar-refractivity contribution in [2.45, 2.75) is 11.8 Å². The molecule has 0 aliphatic carbocycles. The van der Waals surface area contributed by atoms with Crippen molar-refractivity contribution in [1.29, 1.82) is 0 Å². The molecule has 7 heteroatoms. The molecule has 1 unspecified atom stereocenters. The summed E-state index contributed by atoms with van der Waals surface area (Å²) in [4.78, 5) is 10.3. The van der Waals surface area contributed by atoms with Gasteiger partial charge in [0, 0.05) is 49.1 Å². The molecule has 1 aliphatic heterocycles. The third-order valence-electron chi connectivity index (χ3n) is 4.58. The van der Waals surface area contributed by atoms with E-state index in [-0.39, 0.29) is 24.0 Å². The van der Waals surface area contributed by atoms with Crippen LogP contribution >= 0.6 is 24.0 Å². The molecule has 5 nitrogen and oxygen atoms in total. The van der Waals surface area contributed by atoms with Crippen molar-refractivity contribution in [1.82, 2.24) is 10.2 Å². The van der Waals surface area contributed by atoms with Crippen LogP contribution in [0.5, 0.6) is 0 Å². The van der Waals surface area contributed by atoms with Crippen LogP contribution in [-0.2, 0) is 10.8 Å². The summed E-state index contributed by atoms with van der Waals surface area (Å²) in [7, 11) is -1.00. The number of guanidine groups is 1. The third-order valence-corrected chi connectivity index (χ3v) is 5.93. The Balaban J connectivity index is 0.00000280. The van der Waals surface area contributed by atoms with Gasteiger partial charge in [0.2, 0.25) is 0 Å². The number of anilines is 1. The second-order valence-electron chi connectivity index (χ2n) is 6.41. The van der Waals surface area contributed by atoms with Crippen LogP contribution in [0.1, 0.15) is 6.92 Å². The molecule has 2 aromatic rings. The molecule has 1 aliphatic rings. The first kappa shape index (κ1) is 22.7. The minimum absolute atomic E-state index is 0. The van der Waals surface area contributed by atoms with Gasteiger partial charge in [0.1, 0.15) is 0 Å². The lowest BCUT2D eigenvalue weighted by molar-refractivity contribution is 0.373. The van der Waals surface area contributed by atoms with Crippen LogP contribution in [0.25, 0.3) is 0 Å². The van der Waals surface area contributed by atoms with Gasteiger partial charge in [0.25, 0.3) is 0 Å². The fourth-order valence-electron chi connectivity index (χ4n) is 3.17. The lowest BCUT2D eigenvalue weighted by Gasteiger charge is -2.37. The van der Waals surface area contributed by atoms with E-state index in [2.05, 4.69) is 52.4 Å². The summed E-state index contributed by atoms with van der Waals surface area (Å²) in [5.74, 6) is 1.47. The van der Waals surface area contributed by atoms with Crippen LogP contribution < -0.4 is 10.2 Å². The van der Waals surface area contributed by atoms with Crippen molar-refractivity contribution < 1.29 is 4.21 Å². The Morgan fingerprint density at radius 2 is 1.61 bits per heavy atom. The van der Waals surface area contributed by atoms with E-state index in [4.69, 9.17) is 4.99 Å². The molecule has 1 N–H and O–H groups in total. The van der Waals surface area contributed by atoms with Gasteiger partial charge in [-0.3, -0.25) is 9.20 Å². The molecule has 0 spiro atoms. The molecule has 1 fully saturated rings. The number of nitrogens with one attached hydrogen (secondary N) is 1. The zero-order valence-corrected chi connectivity index (χ0v) is 19.4. The SMILES string of the molecule is CCNC(=NCCS(=O)c1ccccc1)N1CCN(c2ccccc2)CC1.I. The van der Waals surface area contributed by atoms with E-state index < -0.39 is 10.8 Å². The maximum absolute atomic E-state index is 12.4. The maximum Gasteiger partial charge on any atom is 0.194 e. The molecule has 1 saturated heterocycles. The standard InChI is InChI=1S/C21H28N4OS.HI/c1-2-22-21(23-13-18-27(26)20-11-7-4-8-12-20)25-16-14-24(15-17-25)19-9-5-3-6-10-19;/h3-12H,2,13-18H2,1H3,(H,22,23);1H. The Morgan fingerprint density at radius 1 is 1.00 bits per heavy atom. The fraction of sp³-hybridized carbons (Fsp3) is 0.381. The highest BCUT2D eigenvalue weighted by Crippen LogP contribution is 2.15. The van der Waals surface area contributed by atoms with Gasteiger partial charge in [-0.1, -0.05) is 36.4 Å². The Labute approximate surface area is 187 Å². The minimum atomic E-state index is -1.00. The van der Waals surface area contributed by atoms with Gasteiger partial charge in [0.05, 0.1) is 17.3 Å². The van der Waals surface area contributed by atoms with Crippen LogP contribution in [0.3, 0.4) is 0 Å². The molecular weight excluding hydrogens is 483 g/mol. The van der Waals surface area contributed by atoms with Gasteiger partial charge in [-0.25, -0.2) is 0 Å². The smallest absolute Gasteiger partial charge is 0.194 e. The Morgan fingerprint density at radius 3 is 2.21 bits per heavy atom. The van der Waals surface area contributed by atoms with E-state index in [1.165, 1.54) is 5.69 Å². The van der Waals surface area contributed by atoms with Crippen molar-refractivity contribution in [3.63, 3.8) is 0 Å². The summed E-state index contributed by atoms with van der Waals surface area (Å²) < 4.78 is 12.4. The lowest BCUT2D eigenvalue weighted by atomic mass is 10.2. The summed E-state index contributed by atoms with van der Waals surface area (Å²) in [6, 6.07) is 20.1. The zero-order chi connectivity index (χ0) is 18.9. The number of aliphatic imine (C=N–C) groups is 1. The highest BCUT2D eigenvalue weighted by atomic mass is 127. The highest BCUT2D eigenvalue weighted by Gasteiger charge is 2.19. The number of nitrogens with zero attached hydrogens (tertiary/aromatic N) is 3. The van der Waals surface area contributed by atoms with Crippen molar-refractivity contribution in [2.75, 3.05) is 49.9 Å². The summed E-state index contributed by atoms with van der Waals surface area (Å²) in [6.45, 7) is 7.29. The molecule has 1 atom stereocenters. The van der Waals surface area contributed by atoms with E-state index in [1.54, 1.807) is 0 Å². The summed E-state index contributed by atoms with van der Waals surface area (Å²) in [5, 5.41) is 3.38. The first-order valence-corrected chi connectivity index (χ1v) is 10.9. The number of piperazine rings is 1. The first-order chi connectivity index (χ1) is 13.3.